The molecule has 138 valence electrons. The monoisotopic (exact) mass is 365 g/mol. The molecule has 0 saturated carbocycles. The third kappa shape index (κ3) is 4.20. The van der Waals surface area contributed by atoms with Crippen LogP contribution in [0, 0.1) is 0 Å². The molecule has 1 heterocycles. The van der Waals surface area contributed by atoms with Crippen molar-refractivity contribution in [3.05, 3.63) is 65.2 Å². The van der Waals surface area contributed by atoms with E-state index in [0.717, 1.165) is 5.56 Å². The fourth-order valence-corrected chi connectivity index (χ4v) is 2.97. The van der Waals surface area contributed by atoms with E-state index in [1.54, 1.807) is 48.5 Å². The Morgan fingerprint density at radius 3 is 2.07 bits per heavy atom. The number of benzene rings is 2. The standard InChI is InChI=1S/C20H19N3O4/c21-17(24)12-13-7-9-14(10-8-13)22-18(25)6-3-11-23-19(26)15-4-1-2-5-16(15)20(23)27/h1-2,4-5,7-10H,3,6,11-12H2,(H2,21,24)(H,22,25). The van der Waals surface area contributed by atoms with Crippen LogP contribution in [0.5, 0.6) is 0 Å². The van der Waals surface area contributed by atoms with Crippen LogP contribution in [0.15, 0.2) is 48.5 Å². The molecule has 4 amide bonds. The Morgan fingerprint density at radius 2 is 1.52 bits per heavy atom. The molecular formula is C20H19N3O4. The minimum absolute atomic E-state index is 0.147. The number of fused-ring (bicyclic) bond motifs is 1. The molecule has 27 heavy (non-hydrogen) atoms. The van der Waals surface area contributed by atoms with E-state index in [1.165, 1.54) is 4.90 Å². The highest BCUT2D eigenvalue weighted by Crippen LogP contribution is 2.22. The molecular weight excluding hydrogens is 346 g/mol. The van der Waals surface area contributed by atoms with Gasteiger partial charge in [-0.1, -0.05) is 24.3 Å². The fraction of sp³-hybridized carbons (Fsp3) is 0.200. The van der Waals surface area contributed by atoms with Crippen molar-refractivity contribution >= 4 is 29.3 Å². The number of carbonyl (C=O) groups is 4. The molecule has 0 bridgehead atoms. The highest BCUT2D eigenvalue weighted by Gasteiger charge is 2.34. The van der Waals surface area contributed by atoms with E-state index in [-0.39, 0.29) is 37.1 Å². The number of amides is 4. The number of primary amides is 1. The maximum absolute atomic E-state index is 12.3. The lowest BCUT2D eigenvalue weighted by atomic mass is 10.1. The third-order valence-electron chi connectivity index (χ3n) is 4.28. The van der Waals surface area contributed by atoms with Gasteiger partial charge in [-0.2, -0.15) is 0 Å². The molecule has 0 aromatic heterocycles. The number of anilines is 1. The lowest BCUT2D eigenvalue weighted by Crippen LogP contribution is -2.31. The van der Waals surface area contributed by atoms with Crippen LogP contribution in [-0.4, -0.2) is 35.1 Å². The predicted molar refractivity (Wildman–Crippen MR) is 99.0 cm³/mol. The van der Waals surface area contributed by atoms with E-state index in [1.807, 2.05) is 0 Å². The molecule has 1 aliphatic rings. The smallest absolute Gasteiger partial charge is 0.261 e. The second-order valence-corrected chi connectivity index (χ2v) is 6.30. The number of nitrogens with zero attached hydrogens (tertiary/aromatic N) is 1. The predicted octanol–water partition coefficient (Wildman–Crippen LogP) is 1.73. The maximum Gasteiger partial charge on any atom is 0.261 e. The highest BCUT2D eigenvalue weighted by atomic mass is 16.2. The largest absolute Gasteiger partial charge is 0.369 e. The van der Waals surface area contributed by atoms with Gasteiger partial charge in [-0.25, -0.2) is 0 Å². The van der Waals surface area contributed by atoms with Crippen molar-refractivity contribution in [1.29, 1.82) is 0 Å². The van der Waals surface area contributed by atoms with Gasteiger partial charge in [0.25, 0.3) is 11.8 Å². The van der Waals surface area contributed by atoms with Gasteiger partial charge in [0.05, 0.1) is 17.5 Å². The Bertz CT molecular complexity index is 871. The second-order valence-electron chi connectivity index (χ2n) is 6.30. The zero-order valence-corrected chi connectivity index (χ0v) is 14.6. The molecule has 0 atom stereocenters. The Hall–Kier alpha value is -3.48. The van der Waals surface area contributed by atoms with Crippen LogP contribution in [0.25, 0.3) is 0 Å². The molecule has 0 unspecified atom stereocenters. The van der Waals surface area contributed by atoms with Gasteiger partial charge in [0, 0.05) is 18.7 Å². The number of carbonyl (C=O) groups excluding carboxylic acids is 4. The SMILES string of the molecule is NC(=O)Cc1ccc(NC(=O)CCCN2C(=O)c3ccccc3C2=O)cc1. The average molecular weight is 365 g/mol. The Balaban J connectivity index is 1.48. The summed E-state index contributed by atoms with van der Waals surface area (Å²) in [5, 5.41) is 2.74. The minimum Gasteiger partial charge on any atom is -0.369 e. The molecule has 0 aliphatic carbocycles. The van der Waals surface area contributed by atoms with E-state index >= 15 is 0 Å². The molecule has 2 aromatic carbocycles. The summed E-state index contributed by atoms with van der Waals surface area (Å²) in [4.78, 5) is 48.6. The van der Waals surface area contributed by atoms with Crippen molar-refractivity contribution in [3.63, 3.8) is 0 Å². The van der Waals surface area contributed by atoms with Crippen molar-refractivity contribution in [2.75, 3.05) is 11.9 Å². The molecule has 3 N–H and O–H groups in total. The Morgan fingerprint density at radius 1 is 0.926 bits per heavy atom. The second kappa shape index (κ2) is 7.82. The van der Waals surface area contributed by atoms with Gasteiger partial charge in [-0.05, 0) is 36.2 Å². The van der Waals surface area contributed by atoms with Crippen LogP contribution in [0.1, 0.15) is 39.1 Å². The first kappa shape index (κ1) is 18.3. The van der Waals surface area contributed by atoms with E-state index < -0.39 is 5.91 Å². The molecule has 7 heteroatoms. The van der Waals surface area contributed by atoms with Gasteiger partial charge >= 0.3 is 0 Å². The summed E-state index contributed by atoms with van der Waals surface area (Å²) in [6.07, 6.45) is 0.696. The van der Waals surface area contributed by atoms with Crippen molar-refractivity contribution in [2.24, 2.45) is 5.73 Å². The fourth-order valence-electron chi connectivity index (χ4n) is 2.97. The van der Waals surface area contributed by atoms with E-state index in [4.69, 9.17) is 5.73 Å². The lowest BCUT2D eigenvalue weighted by Gasteiger charge is -2.13. The highest BCUT2D eigenvalue weighted by molar-refractivity contribution is 6.21. The summed E-state index contributed by atoms with van der Waals surface area (Å²) in [6, 6.07) is 13.5. The Kier molecular flexibility index (Phi) is 5.30. The van der Waals surface area contributed by atoms with Crippen molar-refractivity contribution in [2.45, 2.75) is 19.3 Å². The number of hydrogen-bond donors (Lipinski definition) is 2. The van der Waals surface area contributed by atoms with Crippen molar-refractivity contribution < 1.29 is 19.2 Å². The summed E-state index contributed by atoms with van der Waals surface area (Å²) in [5.41, 5.74) is 7.32. The first-order valence-corrected chi connectivity index (χ1v) is 8.58. The number of nitrogens with two attached hydrogens (primary N) is 1. The molecule has 0 saturated heterocycles. The topological polar surface area (TPSA) is 110 Å². The zero-order valence-electron chi connectivity index (χ0n) is 14.6. The van der Waals surface area contributed by atoms with Crippen LogP contribution in [0.4, 0.5) is 5.69 Å². The van der Waals surface area contributed by atoms with Crippen LogP contribution < -0.4 is 11.1 Å². The van der Waals surface area contributed by atoms with Gasteiger partial charge in [-0.3, -0.25) is 24.1 Å². The Labute approximate surface area is 156 Å². The van der Waals surface area contributed by atoms with Crippen LogP contribution >= 0.6 is 0 Å². The van der Waals surface area contributed by atoms with Gasteiger partial charge < -0.3 is 11.1 Å². The number of imide groups is 1. The average Bonchev–Trinajstić information content (AvgIpc) is 2.88. The first-order valence-electron chi connectivity index (χ1n) is 8.58. The summed E-state index contributed by atoms with van der Waals surface area (Å²) in [6.45, 7) is 0.192. The minimum atomic E-state index is -0.417. The van der Waals surface area contributed by atoms with Gasteiger partial charge in [0.2, 0.25) is 11.8 Å². The summed E-state index contributed by atoms with van der Waals surface area (Å²) in [5.74, 6) is -1.27. The summed E-state index contributed by atoms with van der Waals surface area (Å²) < 4.78 is 0. The lowest BCUT2D eigenvalue weighted by molar-refractivity contribution is -0.117. The first-order chi connectivity index (χ1) is 13.0. The van der Waals surface area contributed by atoms with Crippen molar-refractivity contribution in [3.8, 4) is 0 Å². The summed E-state index contributed by atoms with van der Waals surface area (Å²) in [7, 11) is 0. The van der Waals surface area contributed by atoms with Crippen LogP contribution in [-0.2, 0) is 16.0 Å². The van der Waals surface area contributed by atoms with E-state index in [0.29, 0.717) is 23.2 Å². The normalized spacial score (nSPS) is 12.8. The van der Waals surface area contributed by atoms with Gasteiger partial charge in [-0.15, -0.1) is 0 Å². The zero-order chi connectivity index (χ0) is 19.4. The van der Waals surface area contributed by atoms with E-state index in [2.05, 4.69) is 5.32 Å². The van der Waals surface area contributed by atoms with Gasteiger partial charge in [0.1, 0.15) is 0 Å². The van der Waals surface area contributed by atoms with Crippen molar-refractivity contribution in [1.82, 2.24) is 4.90 Å². The molecule has 1 aliphatic heterocycles. The van der Waals surface area contributed by atoms with Gasteiger partial charge in [0.15, 0.2) is 0 Å². The van der Waals surface area contributed by atoms with Crippen LogP contribution in [0.3, 0.4) is 0 Å². The molecule has 0 fully saturated rings. The molecule has 7 nitrogen and oxygen atoms in total. The third-order valence-corrected chi connectivity index (χ3v) is 4.28. The van der Waals surface area contributed by atoms with Crippen LogP contribution in [0.2, 0.25) is 0 Å². The quantitative estimate of drug-likeness (QED) is 0.728. The number of rotatable bonds is 7. The summed E-state index contributed by atoms with van der Waals surface area (Å²) >= 11 is 0. The molecule has 0 radical (unpaired) electrons. The number of nitrogens with one attached hydrogen (secondary N) is 1. The number of hydrogen-bond acceptors (Lipinski definition) is 4. The molecule has 0 spiro atoms. The van der Waals surface area contributed by atoms with E-state index in [9.17, 15) is 19.2 Å². The molecule has 2 aromatic rings. The molecule has 3 rings (SSSR count). The maximum atomic E-state index is 12.3.